The highest BCUT2D eigenvalue weighted by atomic mass is 16.6. The minimum Gasteiger partial charge on any atom is -0.454 e. The number of hydrogen-bond acceptors (Lipinski definition) is 7. The summed E-state index contributed by atoms with van der Waals surface area (Å²) < 4.78 is 6.35. The van der Waals surface area contributed by atoms with E-state index in [-0.39, 0.29) is 36.2 Å². The Morgan fingerprint density at radius 1 is 1.06 bits per heavy atom. The monoisotopic (exact) mass is 484 g/mol. The van der Waals surface area contributed by atoms with Gasteiger partial charge in [0.2, 0.25) is 0 Å². The van der Waals surface area contributed by atoms with Crippen molar-refractivity contribution in [2.45, 2.75) is 89.6 Å². The van der Waals surface area contributed by atoms with Crippen molar-refractivity contribution in [3.8, 4) is 0 Å². The number of fused-ring (bicyclic) bond motifs is 4. The van der Waals surface area contributed by atoms with Crippen LogP contribution in [-0.4, -0.2) is 55.8 Å². The first kappa shape index (κ1) is 23.6. The summed E-state index contributed by atoms with van der Waals surface area (Å²) >= 11 is 0. The lowest BCUT2D eigenvalue weighted by Crippen LogP contribution is -2.80. The van der Waals surface area contributed by atoms with E-state index < -0.39 is 57.5 Å². The van der Waals surface area contributed by atoms with E-state index in [2.05, 4.69) is 0 Å². The lowest BCUT2D eigenvalue weighted by molar-refractivity contribution is -0.308. The predicted octanol–water partition coefficient (Wildman–Crippen LogP) is 2.27. The number of aliphatic hydroxyl groups is 3. The average Bonchev–Trinajstić information content (AvgIpc) is 3.09. The number of esters is 1. The Morgan fingerprint density at radius 2 is 1.74 bits per heavy atom. The molecule has 0 bridgehead atoms. The van der Waals surface area contributed by atoms with Crippen LogP contribution in [0.5, 0.6) is 0 Å². The summed E-state index contributed by atoms with van der Waals surface area (Å²) in [4.78, 5) is 40.7. The van der Waals surface area contributed by atoms with E-state index in [1.54, 1.807) is 26.8 Å². The van der Waals surface area contributed by atoms with Crippen molar-refractivity contribution < 1.29 is 34.4 Å². The molecule has 1 aliphatic heterocycles. The third kappa shape index (κ3) is 2.17. The summed E-state index contributed by atoms with van der Waals surface area (Å²) in [5.41, 5.74) is -5.45. The SMILES string of the molecule is CC1=C(C)[C@H]2C(=O)[C@@H](C)[C@]3(O)CC[C@H]4[C@@H]5C[C@@H](O)[C@@]6(O)CC=CC(=O)[C@]6(C)[C@H]5C[C@@]2(OC1=O)[C@@]43C. The Hall–Kier alpha value is -1.83. The fourth-order valence-electron chi connectivity index (χ4n) is 10.1. The second-order valence-corrected chi connectivity index (χ2v) is 12.7. The van der Waals surface area contributed by atoms with Gasteiger partial charge in [-0.1, -0.05) is 19.9 Å². The van der Waals surface area contributed by atoms with Gasteiger partial charge in [0.15, 0.2) is 5.78 Å². The highest BCUT2D eigenvalue weighted by Gasteiger charge is 2.83. The van der Waals surface area contributed by atoms with Gasteiger partial charge >= 0.3 is 5.97 Å². The van der Waals surface area contributed by atoms with Gasteiger partial charge in [-0.3, -0.25) is 9.59 Å². The topological polar surface area (TPSA) is 121 Å². The molecule has 0 saturated heterocycles. The molecule has 7 nitrogen and oxygen atoms in total. The molecular formula is C28H36O7. The minimum absolute atomic E-state index is 0.125. The molecule has 11 atom stereocenters. The van der Waals surface area contributed by atoms with Crippen molar-refractivity contribution in [1.82, 2.24) is 0 Å². The van der Waals surface area contributed by atoms with Crippen molar-refractivity contribution in [2.24, 2.45) is 40.4 Å². The van der Waals surface area contributed by atoms with E-state index in [0.717, 1.165) is 0 Å². The van der Waals surface area contributed by atoms with Crippen LogP contribution in [0.4, 0.5) is 0 Å². The van der Waals surface area contributed by atoms with E-state index in [1.165, 1.54) is 6.08 Å². The largest absolute Gasteiger partial charge is 0.454 e. The molecule has 3 N–H and O–H groups in total. The first-order valence-electron chi connectivity index (χ1n) is 13.0. The Bertz CT molecular complexity index is 1140. The zero-order valence-electron chi connectivity index (χ0n) is 21.1. The summed E-state index contributed by atoms with van der Waals surface area (Å²) in [7, 11) is 0. The van der Waals surface area contributed by atoms with Crippen LogP contribution in [0.2, 0.25) is 0 Å². The number of ether oxygens (including phenoxy) is 1. The standard InChI is InChI=1S/C28H36O7/c1-13-14(2)23(32)35-28-12-18-16(11-20(30)27(34)9-6-7-19(29)24(18,27)4)17-8-10-26(33,25(17,28)5)15(3)22(31)21(13)28/h6-7,15-18,20-21,30,33-34H,8-12H2,1-5H3/t15-,16+,17+,18+,20-,21+,24+,25+,26-,27+,28+/m1/s1. The number of rotatable bonds is 0. The van der Waals surface area contributed by atoms with Crippen LogP contribution in [0.15, 0.2) is 23.3 Å². The van der Waals surface area contributed by atoms with Gasteiger partial charge in [0.05, 0.1) is 23.0 Å². The van der Waals surface area contributed by atoms with Crippen molar-refractivity contribution in [1.29, 1.82) is 0 Å². The lowest BCUT2D eigenvalue weighted by atomic mass is 9.35. The van der Waals surface area contributed by atoms with Gasteiger partial charge in [-0.2, -0.15) is 0 Å². The molecule has 0 aromatic heterocycles. The highest BCUT2D eigenvalue weighted by Crippen LogP contribution is 2.76. The molecule has 5 aliphatic carbocycles. The van der Waals surface area contributed by atoms with E-state index in [9.17, 15) is 29.7 Å². The van der Waals surface area contributed by atoms with Crippen molar-refractivity contribution >= 4 is 17.5 Å². The molecule has 0 amide bonds. The molecule has 7 heteroatoms. The molecule has 6 rings (SSSR count). The van der Waals surface area contributed by atoms with Gasteiger partial charge in [0, 0.05) is 16.9 Å². The fraction of sp³-hybridized carbons (Fsp3) is 0.750. The number of ketones is 2. The summed E-state index contributed by atoms with van der Waals surface area (Å²) in [6.45, 7) is 8.98. The average molecular weight is 485 g/mol. The number of carbonyl (C=O) groups is 3. The lowest BCUT2D eigenvalue weighted by Gasteiger charge is -2.71. The molecule has 190 valence electrons. The van der Waals surface area contributed by atoms with Crippen LogP contribution in [0.3, 0.4) is 0 Å². The first-order valence-corrected chi connectivity index (χ1v) is 13.0. The van der Waals surface area contributed by atoms with Gasteiger partial charge in [-0.15, -0.1) is 0 Å². The number of hydrogen-bond donors (Lipinski definition) is 3. The molecule has 1 spiro atoms. The summed E-state index contributed by atoms with van der Waals surface area (Å²) in [5.74, 6) is -2.96. The third-order valence-corrected chi connectivity index (χ3v) is 12.3. The summed E-state index contributed by atoms with van der Waals surface area (Å²) in [6, 6.07) is 0. The second-order valence-electron chi connectivity index (χ2n) is 12.7. The number of carbonyl (C=O) groups excluding carboxylic acids is 3. The maximum atomic E-state index is 14.0. The summed E-state index contributed by atoms with van der Waals surface area (Å²) in [6.07, 6.45) is 3.68. The van der Waals surface area contributed by atoms with Crippen LogP contribution in [0.1, 0.15) is 66.7 Å². The molecule has 4 fully saturated rings. The number of aliphatic hydroxyl groups excluding tert-OH is 1. The Labute approximate surface area is 205 Å². The van der Waals surface area contributed by atoms with E-state index >= 15 is 0 Å². The highest BCUT2D eigenvalue weighted by molar-refractivity contribution is 5.99. The maximum Gasteiger partial charge on any atom is 0.334 e. The molecule has 4 saturated carbocycles. The van der Waals surface area contributed by atoms with Crippen LogP contribution in [-0.2, 0) is 19.1 Å². The van der Waals surface area contributed by atoms with Gasteiger partial charge in [0.1, 0.15) is 17.0 Å². The van der Waals surface area contributed by atoms with Crippen molar-refractivity contribution in [3.63, 3.8) is 0 Å². The molecule has 6 aliphatic rings. The first-order chi connectivity index (χ1) is 16.2. The zero-order valence-corrected chi connectivity index (χ0v) is 21.1. The summed E-state index contributed by atoms with van der Waals surface area (Å²) in [5, 5.41) is 35.3. The van der Waals surface area contributed by atoms with Crippen molar-refractivity contribution in [2.75, 3.05) is 0 Å². The Kier molecular flexibility index (Phi) is 4.40. The van der Waals surface area contributed by atoms with Crippen LogP contribution in [0, 0.1) is 40.4 Å². The predicted molar refractivity (Wildman–Crippen MR) is 125 cm³/mol. The van der Waals surface area contributed by atoms with Gasteiger partial charge in [-0.25, -0.2) is 4.79 Å². The smallest absolute Gasteiger partial charge is 0.334 e. The number of allylic oxidation sites excluding steroid dienone is 1. The molecule has 35 heavy (non-hydrogen) atoms. The Morgan fingerprint density at radius 3 is 2.43 bits per heavy atom. The van der Waals surface area contributed by atoms with Gasteiger partial charge in [0.25, 0.3) is 0 Å². The van der Waals surface area contributed by atoms with Gasteiger partial charge < -0.3 is 20.1 Å². The van der Waals surface area contributed by atoms with Crippen LogP contribution >= 0.6 is 0 Å². The molecule has 1 heterocycles. The fourth-order valence-corrected chi connectivity index (χ4v) is 10.1. The van der Waals surface area contributed by atoms with Crippen LogP contribution in [0.25, 0.3) is 0 Å². The molecule has 0 aromatic rings. The molecule has 0 aromatic carbocycles. The molecule has 0 radical (unpaired) electrons. The Balaban J connectivity index is 1.64. The molecule has 0 unspecified atom stereocenters. The maximum absolute atomic E-state index is 14.0. The third-order valence-electron chi connectivity index (χ3n) is 12.3. The van der Waals surface area contributed by atoms with E-state index in [0.29, 0.717) is 30.4 Å². The van der Waals surface area contributed by atoms with E-state index in [4.69, 9.17) is 4.74 Å². The number of Topliss-reactive ketones (excluding diaryl/α,β-unsaturated/α-hetero) is 1. The quantitative estimate of drug-likeness (QED) is 0.451. The van der Waals surface area contributed by atoms with Gasteiger partial charge in [-0.05, 0) is 82.3 Å². The van der Waals surface area contributed by atoms with Crippen LogP contribution < -0.4 is 0 Å². The van der Waals surface area contributed by atoms with E-state index in [1.807, 2.05) is 13.8 Å². The normalized spacial score (nSPS) is 56.7. The molecular weight excluding hydrogens is 448 g/mol. The minimum atomic E-state index is -1.64. The van der Waals surface area contributed by atoms with Crippen molar-refractivity contribution in [3.05, 3.63) is 23.3 Å². The second kappa shape index (κ2) is 6.53. The zero-order chi connectivity index (χ0) is 25.5.